The Morgan fingerprint density at radius 1 is 1.36 bits per heavy atom. The molecule has 1 amide bonds. The maximum absolute atomic E-state index is 12.4. The molecule has 0 aliphatic heterocycles. The maximum atomic E-state index is 12.4. The maximum Gasteiger partial charge on any atom is 0.281 e. The number of aryl methyl sites for hydroxylation is 1. The van der Waals surface area contributed by atoms with Gasteiger partial charge in [-0.1, -0.05) is 23.2 Å². The van der Waals surface area contributed by atoms with Crippen LogP contribution < -0.4 is 4.80 Å². The van der Waals surface area contributed by atoms with Gasteiger partial charge < -0.3 is 9.30 Å². The fraction of sp³-hybridized carbons (Fsp3) is 0.333. The van der Waals surface area contributed by atoms with E-state index in [9.17, 15) is 4.79 Å². The highest BCUT2D eigenvalue weighted by Crippen LogP contribution is 2.21. The molecule has 0 radical (unpaired) electrons. The van der Waals surface area contributed by atoms with Crippen molar-refractivity contribution in [3.63, 3.8) is 0 Å². The quantitative estimate of drug-likeness (QED) is 0.832. The molecule has 0 bridgehead atoms. The first kappa shape index (κ1) is 17.2. The first-order chi connectivity index (χ1) is 10.4. The molecule has 22 heavy (non-hydrogen) atoms. The van der Waals surface area contributed by atoms with Gasteiger partial charge in [-0.25, -0.2) is 0 Å². The van der Waals surface area contributed by atoms with Crippen molar-refractivity contribution in [2.75, 3.05) is 13.7 Å². The number of benzene rings is 1. The predicted octanol–water partition coefficient (Wildman–Crippen LogP) is 3.86. The van der Waals surface area contributed by atoms with Crippen molar-refractivity contribution in [2.24, 2.45) is 4.99 Å². The topological polar surface area (TPSA) is 43.6 Å². The number of methoxy groups -OCH3 is 1. The van der Waals surface area contributed by atoms with Crippen molar-refractivity contribution in [3.05, 3.63) is 49.2 Å². The van der Waals surface area contributed by atoms with Crippen LogP contribution in [0.15, 0.2) is 23.2 Å². The Kier molecular flexibility index (Phi) is 5.81. The van der Waals surface area contributed by atoms with Crippen LogP contribution in [0.2, 0.25) is 10.0 Å². The highest BCUT2D eigenvalue weighted by molar-refractivity contribution is 7.09. The van der Waals surface area contributed by atoms with E-state index in [-0.39, 0.29) is 0 Å². The lowest BCUT2D eigenvalue weighted by Gasteiger charge is -2.05. The van der Waals surface area contributed by atoms with Gasteiger partial charge in [-0.15, -0.1) is 11.3 Å². The second-order valence-electron chi connectivity index (χ2n) is 4.71. The molecule has 1 heterocycles. The van der Waals surface area contributed by atoms with E-state index in [0.717, 1.165) is 10.6 Å². The lowest BCUT2D eigenvalue weighted by atomic mass is 10.2. The molecule has 7 heteroatoms. The average Bonchev–Trinajstić information content (AvgIpc) is 2.74. The van der Waals surface area contributed by atoms with E-state index < -0.39 is 5.91 Å². The van der Waals surface area contributed by atoms with Gasteiger partial charge in [0.1, 0.15) is 0 Å². The highest BCUT2D eigenvalue weighted by atomic mass is 35.5. The third-order valence-corrected chi connectivity index (χ3v) is 4.93. The number of halogens is 2. The number of thiazole rings is 1. The van der Waals surface area contributed by atoms with Crippen LogP contribution >= 0.6 is 34.5 Å². The number of rotatable bonds is 4. The summed E-state index contributed by atoms with van der Waals surface area (Å²) in [5.74, 6) is -0.403. The summed E-state index contributed by atoms with van der Waals surface area (Å²) in [4.78, 5) is 18.3. The highest BCUT2D eigenvalue weighted by Gasteiger charge is 2.12. The lowest BCUT2D eigenvalue weighted by molar-refractivity contribution is 0.0997. The van der Waals surface area contributed by atoms with Crippen LogP contribution in [-0.4, -0.2) is 24.2 Å². The molecule has 0 saturated heterocycles. The monoisotopic (exact) mass is 358 g/mol. The van der Waals surface area contributed by atoms with Crippen molar-refractivity contribution in [1.82, 2.24) is 4.57 Å². The molecule has 0 N–H and O–H groups in total. The Balaban J connectivity index is 2.46. The van der Waals surface area contributed by atoms with Gasteiger partial charge in [0.25, 0.3) is 5.91 Å². The van der Waals surface area contributed by atoms with Crippen LogP contribution in [0.4, 0.5) is 0 Å². The molecule has 0 aliphatic carbocycles. The fourth-order valence-electron chi connectivity index (χ4n) is 1.94. The Morgan fingerprint density at radius 3 is 2.77 bits per heavy atom. The molecule has 1 aromatic heterocycles. The van der Waals surface area contributed by atoms with Crippen molar-refractivity contribution >= 4 is 40.4 Å². The van der Waals surface area contributed by atoms with Gasteiger partial charge in [0.15, 0.2) is 4.80 Å². The first-order valence-electron chi connectivity index (χ1n) is 6.64. The summed E-state index contributed by atoms with van der Waals surface area (Å²) in [6.45, 7) is 5.19. The Labute approximate surface area is 143 Å². The summed E-state index contributed by atoms with van der Waals surface area (Å²) in [6.07, 6.45) is 0. The summed E-state index contributed by atoms with van der Waals surface area (Å²) in [6, 6.07) is 4.76. The minimum Gasteiger partial charge on any atom is -0.383 e. The average molecular weight is 359 g/mol. The van der Waals surface area contributed by atoms with Gasteiger partial charge in [0, 0.05) is 29.2 Å². The Morgan fingerprint density at radius 2 is 2.09 bits per heavy atom. The van der Waals surface area contributed by atoms with Crippen molar-refractivity contribution < 1.29 is 9.53 Å². The Bertz CT molecular complexity index is 765. The standard InChI is InChI=1S/C15H16Cl2N2O2S/c1-9-10(2)22-15(19(9)6-7-21-3)18-14(20)12-8-11(16)4-5-13(12)17/h4-5,8H,6-7H2,1-3H3/b18-15-. The van der Waals surface area contributed by atoms with E-state index in [0.29, 0.717) is 33.6 Å². The zero-order chi connectivity index (χ0) is 16.3. The smallest absolute Gasteiger partial charge is 0.281 e. The van der Waals surface area contributed by atoms with Crippen LogP contribution in [-0.2, 0) is 11.3 Å². The van der Waals surface area contributed by atoms with Crippen LogP contribution in [0.5, 0.6) is 0 Å². The molecule has 0 fully saturated rings. The minimum atomic E-state index is -0.403. The number of hydrogen-bond acceptors (Lipinski definition) is 3. The normalized spacial score (nSPS) is 12.0. The molecule has 0 atom stereocenters. The summed E-state index contributed by atoms with van der Waals surface area (Å²) in [5.41, 5.74) is 1.38. The molecule has 1 aromatic carbocycles. The van der Waals surface area contributed by atoms with E-state index in [4.69, 9.17) is 27.9 Å². The SMILES string of the molecule is COCCn1c(C)c(C)s/c1=N\C(=O)c1cc(Cl)ccc1Cl. The number of amides is 1. The number of carbonyl (C=O) groups excluding carboxylic acids is 1. The number of nitrogens with zero attached hydrogens (tertiary/aromatic N) is 2. The molecule has 118 valence electrons. The summed E-state index contributed by atoms with van der Waals surface area (Å²) >= 11 is 13.4. The largest absolute Gasteiger partial charge is 0.383 e. The van der Waals surface area contributed by atoms with Crippen molar-refractivity contribution in [1.29, 1.82) is 0 Å². The Hall–Kier alpha value is -1.14. The van der Waals surface area contributed by atoms with E-state index in [1.807, 2.05) is 18.4 Å². The van der Waals surface area contributed by atoms with E-state index in [1.54, 1.807) is 19.2 Å². The van der Waals surface area contributed by atoms with E-state index in [1.165, 1.54) is 17.4 Å². The zero-order valence-corrected chi connectivity index (χ0v) is 14.8. The molecule has 0 unspecified atom stereocenters. The number of hydrogen-bond donors (Lipinski definition) is 0. The first-order valence-corrected chi connectivity index (χ1v) is 8.21. The van der Waals surface area contributed by atoms with Crippen molar-refractivity contribution in [3.8, 4) is 0 Å². The van der Waals surface area contributed by atoms with Crippen LogP contribution in [0.1, 0.15) is 20.9 Å². The van der Waals surface area contributed by atoms with Gasteiger partial charge in [0.2, 0.25) is 0 Å². The van der Waals surface area contributed by atoms with Gasteiger partial charge in [-0.2, -0.15) is 4.99 Å². The summed E-state index contributed by atoms with van der Waals surface area (Å²) in [5, 5.41) is 0.792. The number of ether oxygens (including phenoxy) is 1. The zero-order valence-electron chi connectivity index (χ0n) is 12.5. The molecule has 0 spiro atoms. The second-order valence-corrected chi connectivity index (χ2v) is 6.74. The van der Waals surface area contributed by atoms with Gasteiger partial charge in [0.05, 0.1) is 17.2 Å². The molecule has 0 saturated carbocycles. The van der Waals surface area contributed by atoms with E-state index in [2.05, 4.69) is 4.99 Å². The molecule has 2 aromatic rings. The third-order valence-electron chi connectivity index (χ3n) is 3.26. The van der Waals surface area contributed by atoms with Gasteiger partial charge >= 0.3 is 0 Å². The predicted molar refractivity (Wildman–Crippen MR) is 90.0 cm³/mol. The summed E-state index contributed by atoms with van der Waals surface area (Å²) in [7, 11) is 1.64. The minimum absolute atomic E-state index is 0.302. The van der Waals surface area contributed by atoms with Crippen molar-refractivity contribution in [2.45, 2.75) is 20.4 Å². The molecule has 2 rings (SSSR count). The summed E-state index contributed by atoms with van der Waals surface area (Å²) < 4.78 is 7.08. The van der Waals surface area contributed by atoms with E-state index >= 15 is 0 Å². The molecular formula is C15H16Cl2N2O2S. The lowest BCUT2D eigenvalue weighted by Crippen LogP contribution is -2.20. The molecular weight excluding hydrogens is 343 g/mol. The van der Waals surface area contributed by atoms with Gasteiger partial charge in [-0.05, 0) is 32.0 Å². The third kappa shape index (κ3) is 3.79. The number of aromatic nitrogens is 1. The second kappa shape index (κ2) is 7.42. The van der Waals surface area contributed by atoms with Crippen LogP contribution in [0.25, 0.3) is 0 Å². The molecule has 4 nitrogen and oxygen atoms in total. The van der Waals surface area contributed by atoms with Crippen LogP contribution in [0.3, 0.4) is 0 Å². The van der Waals surface area contributed by atoms with Gasteiger partial charge in [-0.3, -0.25) is 4.79 Å². The fourth-order valence-corrected chi connectivity index (χ4v) is 3.31. The number of carbonyl (C=O) groups is 1. The van der Waals surface area contributed by atoms with Crippen LogP contribution in [0, 0.1) is 13.8 Å². The molecule has 0 aliphatic rings.